The topological polar surface area (TPSA) is 155 Å². The number of aryl methyl sites for hydroxylation is 10. The normalized spacial score (nSPS) is 15.1. The molecule has 0 spiro atoms. The third kappa shape index (κ3) is 21.7. The Balaban J connectivity index is 0.000000173. The van der Waals surface area contributed by atoms with E-state index in [0.29, 0.717) is 101 Å². The molecule has 115 heavy (non-hydrogen) atoms. The summed E-state index contributed by atoms with van der Waals surface area (Å²) in [7, 11) is 0. The van der Waals surface area contributed by atoms with Crippen molar-refractivity contribution in [2.75, 3.05) is 0 Å². The van der Waals surface area contributed by atoms with Crippen LogP contribution in [-0.2, 0) is 73.1 Å². The minimum absolute atomic E-state index is 0. The maximum absolute atomic E-state index is 8.55. The summed E-state index contributed by atoms with van der Waals surface area (Å²) in [6.45, 7) is -1.98. The number of pyridine rings is 9. The zero-order chi connectivity index (χ0) is 99.7. The molecule has 0 fully saturated rings. The van der Waals surface area contributed by atoms with Crippen molar-refractivity contribution in [3.63, 3.8) is 0 Å². The van der Waals surface area contributed by atoms with Crippen LogP contribution in [0.3, 0.4) is 0 Å². The molecule has 0 amide bonds. The van der Waals surface area contributed by atoms with Gasteiger partial charge in [0.05, 0.1) is 16.7 Å². The van der Waals surface area contributed by atoms with Crippen LogP contribution in [0.1, 0.15) is 136 Å². The third-order valence-corrected chi connectivity index (χ3v) is 17.0. The van der Waals surface area contributed by atoms with Crippen LogP contribution < -0.4 is 0 Å². The number of fused-ring (bicyclic) bond motifs is 9. The summed E-state index contributed by atoms with van der Waals surface area (Å²) in [6.07, 6.45) is 5.08. The average molecular weight is 2070 g/mol. The first-order chi connectivity index (χ1) is 64.1. The minimum Gasteiger partial charge on any atom is -0.486 e. The Hall–Kier alpha value is -11.0. The van der Waals surface area contributed by atoms with Gasteiger partial charge in [0.25, 0.3) is 0 Å². The van der Waals surface area contributed by atoms with Gasteiger partial charge < -0.3 is 43.2 Å². The van der Waals surface area contributed by atoms with Gasteiger partial charge in [-0.1, -0.05) is 138 Å². The Morgan fingerprint density at radius 3 is 1.07 bits per heavy atom. The second-order valence-electron chi connectivity index (χ2n) is 27.1. The van der Waals surface area contributed by atoms with Crippen molar-refractivity contribution in [3.05, 3.63) is 341 Å². The molecule has 0 bridgehead atoms. The number of aromatic nitrogens is 9. The Labute approximate surface area is 750 Å². The maximum Gasteiger partial charge on any atom is 0.216 e. The van der Waals surface area contributed by atoms with E-state index < -0.39 is 66.1 Å². The van der Waals surface area contributed by atoms with E-state index in [4.69, 9.17) is 47.5 Å². The van der Waals surface area contributed by atoms with Gasteiger partial charge in [-0.25, -0.2) is 15.0 Å². The minimum atomic E-state index is -2.50. The molecule has 585 valence electrons. The molecule has 0 saturated carbocycles. The predicted octanol–water partition coefficient (Wildman–Crippen LogP) is 25.0. The fraction of sp³-hybridized carbons (Fsp3) is 0.190. The van der Waals surface area contributed by atoms with Gasteiger partial charge in [0, 0.05) is 165 Å². The van der Waals surface area contributed by atoms with E-state index in [-0.39, 0.29) is 105 Å². The van der Waals surface area contributed by atoms with Crippen LogP contribution in [0, 0.1) is 116 Å². The van der Waals surface area contributed by atoms with Crippen LogP contribution in [0.2, 0.25) is 0 Å². The second kappa shape index (κ2) is 39.4. The van der Waals surface area contributed by atoms with Crippen LogP contribution >= 0.6 is 0 Å². The molecule has 0 unspecified atom stereocenters. The fourth-order valence-corrected chi connectivity index (χ4v) is 11.8. The van der Waals surface area contributed by atoms with Crippen molar-refractivity contribution in [2.45, 2.75) is 116 Å². The molecule has 0 saturated heterocycles. The van der Waals surface area contributed by atoms with Crippen LogP contribution in [-0.4, -0.2) is 44.9 Å². The van der Waals surface area contributed by atoms with Gasteiger partial charge in [0.1, 0.15) is 0 Å². The number of rotatable bonds is 9. The van der Waals surface area contributed by atoms with E-state index in [1.807, 2.05) is 128 Å². The van der Waals surface area contributed by atoms with Crippen LogP contribution in [0.5, 0.6) is 0 Å². The number of furan rings is 3. The standard InChI is InChI=1S/C22H21N2O.C21H19N2O.C18H13N2O.3C13H12N.3Ir/c1-14-8-9-17-16-6-5-7-18(20(16)25-21(17)24-14)19-12-15(10-11-23-19)13-22(2,3)4;1-13(2)11-15-9-10-22-19(12-15)18-6-4-5-16-17-8-7-14(3)23-21(17)24-20(16)18;1-11-6-9-16(19-10-11)15-5-3-4-13-14-8-7-12(2)20-18(14)21-17(13)15;3*1-10-8-13(14-9-11(10)2)12-6-4-3-5-7-12;;;/h5-6,8-12H,13H2,1-4H3;4-5,7-10,12-13H,11H2,1-3H3;3-4,6-10H,1-2H3;3*3-6,8-9H,1-2H3;;;/q6*-1;;;/i13D2;11D2;1D3;3*1D3,2D3;;;. The molecule has 12 heterocycles. The number of hydrogen-bond acceptors (Lipinski definition) is 12. The Kier molecular flexibility index (Phi) is 19.8. The molecular formula is C100H89Ir3N9O3-6. The molecule has 18 aromatic rings. The van der Waals surface area contributed by atoms with Crippen molar-refractivity contribution in [1.82, 2.24) is 44.9 Å². The van der Waals surface area contributed by atoms with E-state index in [1.165, 1.54) is 24.4 Å². The molecule has 0 aliphatic rings. The first-order valence-electron chi connectivity index (χ1n) is 48.0. The predicted molar refractivity (Wildman–Crippen MR) is 455 cm³/mol. The number of nitrogens with zero attached hydrogens (tertiary/aromatic N) is 9. The van der Waals surface area contributed by atoms with Crippen molar-refractivity contribution in [1.29, 1.82) is 0 Å². The Bertz CT molecular complexity index is 7110. The molecule has 3 radical (unpaired) electrons. The molecule has 0 atom stereocenters. The summed E-state index contributed by atoms with van der Waals surface area (Å²) in [5.74, 6) is -0.143. The summed E-state index contributed by atoms with van der Waals surface area (Å²) in [6, 6.07) is 76.7. The van der Waals surface area contributed by atoms with E-state index in [9.17, 15) is 0 Å². The van der Waals surface area contributed by atoms with Gasteiger partial charge in [-0.3, -0.25) is 0 Å². The smallest absolute Gasteiger partial charge is 0.216 e. The average Bonchev–Trinajstić information content (AvgIpc) is 1.59. The summed E-state index contributed by atoms with van der Waals surface area (Å²) >= 11 is 0. The molecule has 6 aromatic carbocycles. The Morgan fingerprint density at radius 2 is 0.730 bits per heavy atom. The van der Waals surface area contributed by atoms with Crippen molar-refractivity contribution >= 4 is 66.2 Å². The van der Waals surface area contributed by atoms with E-state index in [1.54, 1.807) is 122 Å². The monoisotopic (exact) mass is 2070 g/mol. The molecule has 0 aliphatic heterocycles. The van der Waals surface area contributed by atoms with Crippen molar-refractivity contribution in [2.24, 2.45) is 11.3 Å². The van der Waals surface area contributed by atoms with Crippen molar-refractivity contribution in [3.8, 4) is 67.5 Å². The van der Waals surface area contributed by atoms with Crippen LogP contribution in [0.15, 0.2) is 251 Å². The van der Waals surface area contributed by atoms with Gasteiger partial charge in [0.2, 0.25) is 17.1 Å². The van der Waals surface area contributed by atoms with Gasteiger partial charge in [-0.2, -0.15) is 0 Å². The van der Waals surface area contributed by atoms with Gasteiger partial charge in [-0.05, 0) is 198 Å². The number of benzene rings is 6. The molecule has 12 nitrogen and oxygen atoms in total. The molecule has 0 N–H and O–H groups in total. The quantitative estimate of drug-likeness (QED) is 0.126. The van der Waals surface area contributed by atoms with Crippen molar-refractivity contribution < 1.29 is 108 Å². The summed E-state index contributed by atoms with van der Waals surface area (Å²) in [5, 5.41) is 5.69. The first-order valence-corrected chi connectivity index (χ1v) is 35.5. The van der Waals surface area contributed by atoms with Crippen LogP contribution in [0.25, 0.3) is 134 Å². The molecule has 0 aliphatic carbocycles. The maximum atomic E-state index is 8.55. The van der Waals surface area contributed by atoms with E-state index >= 15 is 0 Å². The van der Waals surface area contributed by atoms with Gasteiger partial charge in [0.15, 0.2) is 0 Å². The summed E-state index contributed by atoms with van der Waals surface area (Å²) in [5.41, 5.74) is 13.1. The van der Waals surface area contributed by atoms with Gasteiger partial charge >= 0.3 is 0 Å². The second-order valence-corrected chi connectivity index (χ2v) is 27.1. The molecule has 18 rings (SSSR count). The van der Waals surface area contributed by atoms with Gasteiger partial charge in [-0.15, -0.1) is 162 Å². The SMILES string of the molecule is [2H]C([2H])([2H])c1ccc(-c2[c-]ccc3c2oc2nc(C)ccc23)nc1.[2H]C([2H])([2H])c1cnc(-c2[c-]cccc2)cc1C([2H])([2H])[2H].[2H]C([2H])([2H])c1cnc(-c2[c-]cccc2)cc1C([2H])([2H])[2H].[2H]C([2H])([2H])c1cnc(-c2[c-]cccc2)cc1C([2H])([2H])[2H].[2H]C([2H])(c1ccnc(-c2[c-]ccc3c2oc2nc(C)ccc23)c1)C(C)(C)C.[2H]C([2H])(c1ccnc(-c2[c-]ccc3c2oc2nc(C)ccc23)c1)C(C)C.[Ir].[Ir].[Ir]. The molecular weight excluding hydrogens is 1950 g/mol. The zero-order valence-corrected chi connectivity index (χ0v) is 70.5. The zero-order valence-electron chi connectivity index (χ0n) is 88.3. The van der Waals surface area contributed by atoms with E-state index in [0.717, 1.165) is 79.1 Å². The summed E-state index contributed by atoms with van der Waals surface area (Å²) in [4.78, 5) is 38.7. The first kappa shape index (κ1) is 58.0. The Morgan fingerprint density at radius 1 is 0.357 bits per heavy atom. The molecule has 15 heteroatoms. The third-order valence-electron chi connectivity index (χ3n) is 17.0. The summed E-state index contributed by atoms with van der Waals surface area (Å²) < 4.78 is 208. The molecule has 12 aromatic heterocycles. The number of hydrogen-bond donors (Lipinski definition) is 0. The van der Waals surface area contributed by atoms with Crippen LogP contribution in [0.4, 0.5) is 0 Å². The van der Waals surface area contributed by atoms with E-state index in [2.05, 4.69) is 81.3 Å². The fourth-order valence-electron chi connectivity index (χ4n) is 11.8. The largest absolute Gasteiger partial charge is 0.486 e.